The standard InChI is InChI=1S/C34H30N8/c1-33(2,31-19-17-27(39-41-31)23-11-5-7-21-35-23)29-15-9-13-25(37-29)26-14-10-16-30(38-26)34(3,4)32-20-18-28(40-42-32)24-12-6-8-22-36-24/h5-22H,1-4H3. The average molecular weight is 551 g/mol. The van der Waals surface area contributed by atoms with Gasteiger partial charge >= 0.3 is 0 Å². The summed E-state index contributed by atoms with van der Waals surface area (Å²) in [6.45, 7) is 8.40. The molecule has 0 N–H and O–H groups in total. The third-order valence-electron chi connectivity index (χ3n) is 7.51. The highest BCUT2D eigenvalue weighted by atomic mass is 15.1. The first-order chi connectivity index (χ1) is 20.3. The fourth-order valence-corrected chi connectivity index (χ4v) is 4.75. The van der Waals surface area contributed by atoms with E-state index in [1.807, 2.05) is 97.1 Å². The summed E-state index contributed by atoms with van der Waals surface area (Å²) in [6, 6.07) is 31.4. The van der Waals surface area contributed by atoms with Crippen molar-refractivity contribution in [3.8, 4) is 34.2 Å². The van der Waals surface area contributed by atoms with E-state index in [2.05, 4.69) is 58.1 Å². The van der Waals surface area contributed by atoms with Crippen molar-refractivity contribution in [2.45, 2.75) is 38.5 Å². The molecule has 8 nitrogen and oxygen atoms in total. The highest BCUT2D eigenvalue weighted by Crippen LogP contribution is 2.33. The molecule has 0 saturated heterocycles. The molecule has 42 heavy (non-hydrogen) atoms. The van der Waals surface area contributed by atoms with Gasteiger partial charge in [0.1, 0.15) is 11.4 Å². The predicted molar refractivity (Wildman–Crippen MR) is 162 cm³/mol. The van der Waals surface area contributed by atoms with Crippen LogP contribution in [0.15, 0.2) is 109 Å². The highest BCUT2D eigenvalue weighted by molar-refractivity contribution is 5.57. The molecule has 0 fully saturated rings. The average Bonchev–Trinajstić information content (AvgIpc) is 3.06. The number of hydrogen-bond acceptors (Lipinski definition) is 8. The van der Waals surface area contributed by atoms with Gasteiger partial charge in [-0.15, -0.1) is 10.2 Å². The van der Waals surface area contributed by atoms with Gasteiger partial charge in [0.15, 0.2) is 0 Å². The zero-order chi connectivity index (χ0) is 29.2. The van der Waals surface area contributed by atoms with Crippen LogP contribution >= 0.6 is 0 Å². The second-order valence-electron chi connectivity index (χ2n) is 11.1. The van der Waals surface area contributed by atoms with Crippen LogP contribution in [-0.2, 0) is 10.8 Å². The molecular formula is C34H30N8. The maximum atomic E-state index is 5.04. The maximum Gasteiger partial charge on any atom is 0.111 e. The zero-order valence-corrected chi connectivity index (χ0v) is 24.0. The Morgan fingerprint density at radius 3 is 1.14 bits per heavy atom. The van der Waals surface area contributed by atoms with Gasteiger partial charge in [-0.3, -0.25) is 19.9 Å². The SMILES string of the molecule is CC(C)(c1ccc(-c2ccccn2)nn1)c1cccc(-c2cccc(C(C)(C)c3ccc(-c4ccccn4)nn3)n2)n1. The number of pyridine rings is 4. The van der Waals surface area contributed by atoms with E-state index in [-0.39, 0.29) is 0 Å². The molecular weight excluding hydrogens is 520 g/mol. The highest BCUT2D eigenvalue weighted by Gasteiger charge is 2.29. The van der Waals surface area contributed by atoms with Crippen molar-refractivity contribution in [1.82, 2.24) is 40.3 Å². The van der Waals surface area contributed by atoms with Crippen LogP contribution in [0.5, 0.6) is 0 Å². The van der Waals surface area contributed by atoms with Gasteiger partial charge in [0, 0.05) is 12.4 Å². The molecule has 0 radical (unpaired) electrons. The minimum Gasteiger partial charge on any atom is -0.255 e. The molecule has 6 aromatic heterocycles. The van der Waals surface area contributed by atoms with E-state index in [1.54, 1.807) is 12.4 Å². The Bertz CT molecular complexity index is 1670. The molecule has 0 aliphatic carbocycles. The summed E-state index contributed by atoms with van der Waals surface area (Å²) in [6.07, 6.45) is 3.50. The van der Waals surface area contributed by atoms with Crippen molar-refractivity contribution >= 4 is 0 Å². The van der Waals surface area contributed by atoms with Crippen LogP contribution in [0.4, 0.5) is 0 Å². The van der Waals surface area contributed by atoms with Gasteiger partial charge in [0.2, 0.25) is 0 Å². The van der Waals surface area contributed by atoms with E-state index >= 15 is 0 Å². The molecule has 0 aliphatic heterocycles. The monoisotopic (exact) mass is 550 g/mol. The lowest BCUT2D eigenvalue weighted by Crippen LogP contribution is -2.23. The molecule has 0 aliphatic rings. The first-order valence-electron chi connectivity index (χ1n) is 13.8. The minimum atomic E-state index is -0.479. The topological polar surface area (TPSA) is 103 Å². The molecule has 0 unspecified atom stereocenters. The van der Waals surface area contributed by atoms with E-state index in [1.165, 1.54) is 0 Å². The Morgan fingerprint density at radius 2 is 0.786 bits per heavy atom. The molecule has 0 amide bonds. The van der Waals surface area contributed by atoms with Crippen LogP contribution in [0.25, 0.3) is 34.2 Å². The Balaban J connectivity index is 1.27. The fraction of sp³-hybridized carbons (Fsp3) is 0.176. The van der Waals surface area contributed by atoms with Gasteiger partial charge < -0.3 is 0 Å². The number of nitrogens with zero attached hydrogens (tertiary/aromatic N) is 8. The second kappa shape index (κ2) is 11.0. The van der Waals surface area contributed by atoms with Crippen molar-refractivity contribution in [2.75, 3.05) is 0 Å². The van der Waals surface area contributed by atoms with Crippen molar-refractivity contribution in [1.29, 1.82) is 0 Å². The van der Waals surface area contributed by atoms with Crippen molar-refractivity contribution in [2.24, 2.45) is 0 Å². The number of rotatable bonds is 7. The summed E-state index contributed by atoms with van der Waals surface area (Å²) in [5, 5.41) is 18.0. The van der Waals surface area contributed by atoms with Crippen LogP contribution in [0.2, 0.25) is 0 Å². The third-order valence-corrected chi connectivity index (χ3v) is 7.51. The fourth-order valence-electron chi connectivity index (χ4n) is 4.75. The summed E-state index contributed by atoms with van der Waals surface area (Å²) in [7, 11) is 0. The first kappa shape index (κ1) is 27.0. The molecule has 8 heteroatoms. The molecule has 0 atom stereocenters. The van der Waals surface area contributed by atoms with Crippen LogP contribution in [-0.4, -0.2) is 40.3 Å². The van der Waals surface area contributed by atoms with Crippen LogP contribution in [0, 0.1) is 0 Å². The lowest BCUT2D eigenvalue weighted by atomic mass is 9.84. The Labute approximate surface area is 245 Å². The van der Waals surface area contributed by atoms with E-state index in [4.69, 9.17) is 9.97 Å². The summed E-state index contributed by atoms with van der Waals surface area (Å²) >= 11 is 0. The smallest absolute Gasteiger partial charge is 0.111 e. The van der Waals surface area contributed by atoms with E-state index in [0.717, 1.165) is 56.9 Å². The largest absolute Gasteiger partial charge is 0.255 e. The van der Waals surface area contributed by atoms with Gasteiger partial charge in [0.05, 0.1) is 56.4 Å². The number of aromatic nitrogens is 8. The van der Waals surface area contributed by atoms with Crippen molar-refractivity contribution in [3.63, 3.8) is 0 Å². The molecule has 6 aromatic rings. The molecule has 0 bridgehead atoms. The summed E-state index contributed by atoms with van der Waals surface area (Å²) in [4.78, 5) is 18.8. The lowest BCUT2D eigenvalue weighted by molar-refractivity contribution is 0.582. The van der Waals surface area contributed by atoms with Gasteiger partial charge in [0.25, 0.3) is 0 Å². The quantitative estimate of drug-likeness (QED) is 0.222. The Morgan fingerprint density at radius 1 is 0.357 bits per heavy atom. The molecule has 0 aromatic carbocycles. The normalized spacial score (nSPS) is 11.8. The number of hydrogen-bond donors (Lipinski definition) is 0. The van der Waals surface area contributed by atoms with E-state index in [9.17, 15) is 0 Å². The van der Waals surface area contributed by atoms with Crippen LogP contribution < -0.4 is 0 Å². The maximum absolute atomic E-state index is 5.04. The molecule has 206 valence electrons. The third kappa shape index (κ3) is 5.26. The predicted octanol–water partition coefficient (Wildman–Crippen LogP) is 6.50. The first-order valence-corrected chi connectivity index (χ1v) is 13.8. The van der Waals surface area contributed by atoms with E-state index < -0.39 is 10.8 Å². The van der Waals surface area contributed by atoms with Gasteiger partial charge in [-0.2, -0.15) is 10.2 Å². The lowest BCUT2D eigenvalue weighted by Gasteiger charge is -2.25. The zero-order valence-electron chi connectivity index (χ0n) is 24.0. The van der Waals surface area contributed by atoms with Crippen LogP contribution in [0.1, 0.15) is 50.5 Å². The molecule has 0 saturated carbocycles. The Hall–Kier alpha value is -5.24. The van der Waals surface area contributed by atoms with E-state index in [0.29, 0.717) is 0 Å². The van der Waals surface area contributed by atoms with Gasteiger partial charge in [-0.25, -0.2) is 0 Å². The van der Waals surface area contributed by atoms with Crippen molar-refractivity contribution < 1.29 is 0 Å². The molecule has 6 heterocycles. The summed E-state index contributed by atoms with van der Waals surface area (Å²) < 4.78 is 0. The van der Waals surface area contributed by atoms with Gasteiger partial charge in [-0.1, -0.05) is 24.3 Å². The summed E-state index contributed by atoms with van der Waals surface area (Å²) in [5.41, 5.74) is 7.06. The second-order valence-corrected chi connectivity index (χ2v) is 11.1. The molecule has 6 rings (SSSR count). The van der Waals surface area contributed by atoms with Crippen molar-refractivity contribution in [3.05, 3.63) is 132 Å². The summed E-state index contributed by atoms with van der Waals surface area (Å²) in [5.74, 6) is 0. The molecule has 0 spiro atoms. The van der Waals surface area contributed by atoms with Crippen LogP contribution in [0.3, 0.4) is 0 Å². The Kier molecular flexibility index (Phi) is 7.04. The minimum absolute atomic E-state index is 0.479. The van der Waals surface area contributed by atoms with Gasteiger partial charge in [-0.05, 0) is 100 Å².